The molecule has 1 aromatic carbocycles. The first-order valence-corrected chi connectivity index (χ1v) is 6.55. The summed E-state index contributed by atoms with van der Waals surface area (Å²) in [5.74, 6) is -1.10. The number of carbonyl (C=O) groups is 1. The molecule has 0 spiro atoms. The fourth-order valence-electron chi connectivity index (χ4n) is 1.94. The number of amides is 1. The van der Waals surface area contributed by atoms with Crippen LogP contribution in [0.2, 0.25) is 10.0 Å². The third-order valence-electron chi connectivity index (χ3n) is 2.61. The van der Waals surface area contributed by atoms with E-state index in [0.29, 0.717) is 22.0 Å². The zero-order valence-corrected chi connectivity index (χ0v) is 12.6. The Labute approximate surface area is 122 Å². The number of hydrogen-bond acceptors (Lipinski definition) is 3. The quantitative estimate of drug-likeness (QED) is 0.838. The summed E-state index contributed by atoms with van der Waals surface area (Å²) >= 11 is 12.0. The molecule has 0 radical (unpaired) electrons. The van der Waals surface area contributed by atoms with Crippen molar-refractivity contribution in [1.29, 1.82) is 0 Å². The van der Waals surface area contributed by atoms with Gasteiger partial charge in [-0.25, -0.2) is 4.79 Å². The third kappa shape index (κ3) is 4.00. The maximum Gasteiger partial charge on any atom is 0.407 e. The first kappa shape index (κ1) is 16.1. The molecule has 0 aliphatic heterocycles. The molecule has 6 heteroatoms. The highest BCUT2D eigenvalue weighted by Gasteiger charge is 2.38. The first-order valence-electron chi connectivity index (χ1n) is 5.80. The number of rotatable bonds is 5. The van der Waals surface area contributed by atoms with Gasteiger partial charge in [-0.1, -0.05) is 37.0 Å². The second-order valence-corrected chi connectivity index (χ2v) is 5.44. The maximum absolute atomic E-state index is 11.2. The normalized spacial score (nSPS) is 14.2. The Balaban J connectivity index is 3.31. The van der Waals surface area contributed by atoms with Gasteiger partial charge < -0.3 is 15.2 Å². The van der Waals surface area contributed by atoms with E-state index in [1.807, 2.05) is 13.8 Å². The SMILES string of the molecule is CO[C@](CC(C)C)(OC(N)=O)c1ccc(Cl)cc1Cl. The third-order valence-corrected chi connectivity index (χ3v) is 3.16. The Morgan fingerprint density at radius 3 is 2.47 bits per heavy atom. The van der Waals surface area contributed by atoms with Gasteiger partial charge in [0.15, 0.2) is 0 Å². The van der Waals surface area contributed by atoms with Gasteiger partial charge in [0.25, 0.3) is 0 Å². The summed E-state index contributed by atoms with van der Waals surface area (Å²) in [5, 5.41) is 0.846. The summed E-state index contributed by atoms with van der Waals surface area (Å²) in [6, 6.07) is 4.89. The lowest BCUT2D eigenvalue weighted by Gasteiger charge is -2.33. The molecular weight excluding hydrogens is 289 g/mol. The van der Waals surface area contributed by atoms with Crippen LogP contribution in [0.15, 0.2) is 18.2 Å². The summed E-state index contributed by atoms with van der Waals surface area (Å²) in [5.41, 5.74) is 5.66. The molecule has 0 aliphatic rings. The highest BCUT2D eigenvalue weighted by atomic mass is 35.5. The van der Waals surface area contributed by atoms with Crippen LogP contribution in [0.5, 0.6) is 0 Å². The molecule has 0 fully saturated rings. The van der Waals surface area contributed by atoms with Crippen molar-refractivity contribution in [2.24, 2.45) is 11.7 Å². The van der Waals surface area contributed by atoms with E-state index in [2.05, 4.69) is 0 Å². The lowest BCUT2D eigenvalue weighted by molar-refractivity contribution is -0.202. The number of halogens is 2. The summed E-state index contributed by atoms with van der Waals surface area (Å²) < 4.78 is 10.6. The van der Waals surface area contributed by atoms with Crippen molar-refractivity contribution >= 4 is 29.3 Å². The van der Waals surface area contributed by atoms with Crippen molar-refractivity contribution in [1.82, 2.24) is 0 Å². The molecule has 0 saturated heterocycles. The molecule has 0 aliphatic carbocycles. The number of nitrogens with two attached hydrogens (primary N) is 1. The lowest BCUT2D eigenvalue weighted by atomic mass is 9.95. The number of ether oxygens (including phenoxy) is 2. The van der Waals surface area contributed by atoms with Crippen molar-refractivity contribution in [3.05, 3.63) is 33.8 Å². The van der Waals surface area contributed by atoms with Crippen LogP contribution >= 0.6 is 23.2 Å². The van der Waals surface area contributed by atoms with Crippen LogP contribution in [0.25, 0.3) is 0 Å². The van der Waals surface area contributed by atoms with Gasteiger partial charge in [-0.2, -0.15) is 0 Å². The van der Waals surface area contributed by atoms with E-state index in [-0.39, 0.29) is 5.92 Å². The molecule has 1 amide bonds. The van der Waals surface area contributed by atoms with Gasteiger partial charge in [0.1, 0.15) is 0 Å². The van der Waals surface area contributed by atoms with E-state index in [1.165, 1.54) is 7.11 Å². The smallest absolute Gasteiger partial charge is 0.407 e. The van der Waals surface area contributed by atoms with Crippen LogP contribution in [0.1, 0.15) is 25.8 Å². The Morgan fingerprint density at radius 2 is 2.05 bits per heavy atom. The average molecular weight is 306 g/mol. The van der Waals surface area contributed by atoms with E-state index in [1.54, 1.807) is 18.2 Å². The van der Waals surface area contributed by atoms with Gasteiger partial charge in [-0.3, -0.25) is 0 Å². The van der Waals surface area contributed by atoms with Gasteiger partial charge >= 0.3 is 6.09 Å². The minimum atomic E-state index is -1.30. The summed E-state index contributed by atoms with van der Waals surface area (Å²) in [4.78, 5) is 11.2. The monoisotopic (exact) mass is 305 g/mol. The molecule has 1 atom stereocenters. The second kappa shape index (κ2) is 6.46. The lowest BCUT2D eigenvalue weighted by Crippen LogP contribution is -2.38. The highest BCUT2D eigenvalue weighted by molar-refractivity contribution is 6.35. The van der Waals surface area contributed by atoms with Crippen LogP contribution in [0.3, 0.4) is 0 Å². The minimum absolute atomic E-state index is 0.200. The van der Waals surface area contributed by atoms with Gasteiger partial charge in [-0.15, -0.1) is 0 Å². The number of primary amides is 1. The van der Waals surface area contributed by atoms with Gasteiger partial charge in [0.2, 0.25) is 5.79 Å². The Kier molecular flexibility index (Phi) is 5.47. The van der Waals surface area contributed by atoms with Gasteiger partial charge in [0, 0.05) is 24.1 Å². The average Bonchev–Trinajstić information content (AvgIpc) is 2.26. The molecule has 0 saturated carbocycles. The Hall–Kier alpha value is -0.970. The highest BCUT2D eigenvalue weighted by Crippen LogP contribution is 2.38. The Bertz CT molecular complexity index is 465. The molecule has 19 heavy (non-hydrogen) atoms. The fourth-order valence-corrected chi connectivity index (χ4v) is 2.49. The largest absolute Gasteiger partial charge is 0.413 e. The van der Waals surface area contributed by atoms with E-state index in [0.717, 1.165) is 0 Å². The molecule has 4 nitrogen and oxygen atoms in total. The first-order chi connectivity index (χ1) is 8.80. The van der Waals surface area contributed by atoms with Crippen LogP contribution in [-0.4, -0.2) is 13.2 Å². The molecule has 106 valence electrons. The number of hydrogen-bond donors (Lipinski definition) is 1. The summed E-state index contributed by atoms with van der Waals surface area (Å²) in [7, 11) is 1.44. The summed E-state index contributed by atoms with van der Waals surface area (Å²) in [6.45, 7) is 3.95. The zero-order chi connectivity index (χ0) is 14.6. The van der Waals surface area contributed by atoms with Crippen molar-refractivity contribution < 1.29 is 14.3 Å². The molecular formula is C13H17Cl2NO3. The van der Waals surface area contributed by atoms with Crippen LogP contribution < -0.4 is 5.73 Å². The fraction of sp³-hybridized carbons (Fsp3) is 0.462. The number of carbonyl (C=O) groups excluding carboxylic acids is 1. The number of methoxy groups -OCH3 is 1. The standard InChI is InChI=1S/C13H17Cl2NO3/c1-8(2)7-13(18-3,19-12(16)17)10-5-4-9(14)6-11(10)15/h4-6,8H,7H2,1-3H3,(H2,16,17)/t13-/m1/s1. The van der Waals surface area contributed by atoms with Crippen molar-refractivity contribution in [2.45, 2.75) is 26.1 Å². The molecule has 2 N–H and O–H groups in total. The van der Waals surface area contributed by atoms with Crippen molar-refractivity contribution in [3.63, 3.8) is 0 Å². The predicted molar refractivity (Wildman–Crippen MR) is 75.3 cm³/mol. The molecule has 1 rings (SSSR count). The molecule has 0 bridgehead atoms. The summed E-state index contributed by atoms with van der Waals surface area (Å²) in [6.07, 6.45) is -0.498. The minimum Gasteiger partial charge on any atom is -0.413 e. The van der Waals surface area contributed by atoms with E-state index in [9.17, 15) is 4.79 Å². The van der Waals surface area contributed by atoms with E-state index < -0.39 is 11.9 Å². The topological polar surface area (TPSA) is 61.6 Å². The molecule has 0 heterocycles. The van der Waals surface area contributed by atoms with Gasteiger partial charge in [-0.05, 0) is 24.1 Å². The van der Waals surface area contributed by atoms with Crippen molar-refractivity contribution in [2.75, 3.05) is 7.11 Å². The second-order valence-electron chi connectivity index (χ2n) is 4.60. The number of benzene rings is 1. The maximum atomic E-state index is 11.2. The van der Waals surface area contributed by atoms with Gasteiger partial charge in [0.05, 0.1) is 5.02 Å². The van der Waals surface area contributed by atoms with E-state index in [4.69, 9.17) is 38.4 Å². The van der Waals surface area contributed by atoms with E-state index >= 15 is 0 Å². The van der Waals surface area contributed by atoms with Crippen LogP contribution in [-0.2, 0) is 15.3 Å². The zero-order valence-electron chi connectivity index (χ0n) is 11.1. The van der Waals surface area contributed by atoms with Crippen LogP contribution in [0.4, 0.5) is 4.79 Å². The van der Waals surface area contributed by atoms with Crippen LogP contribution in [0, 0.1) is 5.92 Å². The van der Waals surface area contributed by atoms with Crippen molar-refractivity contribution in [3.8, 4) is 0 Å². The molecule has 0 aromatic heterocycles. The molecule has 1 aromatic rings. The predicted octanol–water partition coefficient (Wildman–Crippen LogP) is 3.93. The Morgan fingerprint density at radius 1 is 1.42 bits per heavy atom. The molecule has 0 unspecified atom stereocenters.